The SMILES string of the molecule is CC1CN(C(=O)c2csc(I)c2)CCC1C(=O)O. The maximum Gasteiger partial charge on any atom is 0.306 e. The number of likely N-dealkylation sites (tertiary alicyclic amines) is 1. The summed E-state index contributed by atoms with van der Waals surface area (Å²) in [6.07, 6.45) is 0.545. The van der Waals surface area contributed by atoms with E-state index < -0.39 is 5.97 Å². The Bertz CT molecular complexity index is 474. The molecule has 1 saturated heterocycles. The summed E-state index contributed by atoms with van der Waals surface area (Å²) in [4.78, 5) is 25.0. The number of piperidine rings is 1. The van der Waals surface area contributed by atoms with Gasteiger partial charge in [-0.1, -0.05) is 6.92 Å². The highest BCUT2D eigenvalue weighted by atomic mass is 127. The number of amides is 1. The number of carbonyl (C=O) groups excluding carboxylic acids is 1. The van der Waals surface area contributed by atoms with Crippen LogP contribution in [-0.2, 0) is 4.79 Å². The van der Waals surface area contributed by atoms with E-state index in [1.165, 1.54) is 0 Å². The monoisotopic (exact) mass is 379 g/mol. The molecule has 4 nitrogen and oxygen atoms in total. The number of carbonyl (C=O) groups is 2. The Morgan fingerprint density at radius 3 is 2.78 bits per heavy atom. The molecule has 0 spiro atoms. The predicted octanol–water partition coefficient (Wildman–Crippen LogP) is 2.54. The molecule has 2 unspecified atom stereocenters. The van der Waals surface area contributed by atoms with Gasteiger partial charge in [0.15, 0.2) is 0 Å². The average molecular weight is 379 g/mol. The van der Waals surface area contributed by atoms with Crippen LogP contribution in [0.4, 0.5) is 0 Å². The van der Waals surface area contributed by atoms with Gasteiger partial charge in [0.2, 0.25) is 0 Å². The van der Waals surface area contributed by atoms with Gasteiger partial charge >= 0.3 is 5.97 Å². The summed E-state index contributed by atoms with van der Waals surface area (Å²) in [5.74, 6) is -1.04. The van der Waals surface area contributed by atoms with Crippen LogP contribution in [0.2, 0.25) is 0 Å². The van der Waals surface area contributed by atoms with Crippen molar-refractivity contribution in [2.75, 3.05) is 13.1 Å². The highest BCUT2D eigenvalue weighted by molar-refractivity contribution is 14.1. The first-order valence-electron chi connectivity index (χ1n) is 5.75. The van der Waals surface area contributed by atoms with Crippen molar-refractivity contribution in [3.63, 3.8) is 0 Å². The molecule has 1 aromatic heterocycles. The molecule has 2 rings (SSSR count). The van der Waals surface area contributed by atoms with Crippen molar-refractivity contribution in [1.82, 2.24) is 4.90 Å². The van der Waals surface area contributed by atoms with Crippen molar-refractivity contribution in [3.8, 4) is 0 Å². The molecule has 18 heavy (non-hydrogen) atoms. The molecule has 6 heteroatoms. The quantitative estimate of drug-likeness (QED) is 0.804. The summed E-state index contributed by atoms with van der Waals surface area (Å²) < 4.78 is 1.09. The van der Waals surface area contributed by atoms with Gasteiger partial charge in [0.1, 0.15) is 0 Å². The maximum atomic E-state index is 12.2. The number of thiophene rings is 1. The van der Waals surface area contributed by atoms with Crippen LogP contribution >= 0.6 is 33.9 Å². The number of halogens is 1. The van der Waals surface area contributed by atoms with Crippen LogP contribution in [0.3, 0.4) is 0 Å². The molecule has 0 aromatic carbocycles. The van der Waals surface area contributed by atoms with Gasteiger partial charge < -0.3 is 10.0 Å². The first-order valence-corrected chi connectivity index (χ1v) is 7.71. The lowest BCUT2D eigenvalue weighted by atomic mass is 9.87. The lowest BCUT2D eigenvalue weighted by molar-refractivity contribution is -0.145. The summed E-state index contributed by atoms with van der Waals surface area (Å²) in [6.45, 7) is 2.96. The Hall–Kier alpha value is -0.630. The molecule has 0 radical (unpaired) electrons. The lowest BCUT2D eigenvalue weighted by Crippen LogP contribution is -2.44. The second kappa shape index (κ2) is 5.56. The van der Waals surface area contributed by atoms with E-state index in [0.717, 1.165) is 2.88 Å². The van der Waals surface area contributed by atoms with E-state index in [2.05, 4.69) is 22.6 Å². The first kappa shape index (κ1) is 13.8. The number of hydrogen-bond donors (Lipinski definition) is 1. The van der Waals surface area contributed by atoms with Crippen molar-refractivity contribution in [3.05, 3.63) is 19.9 Å². The zero-order valence-corrected chi connectivity index (χ0v) is 12.9. The van der Waals surface area contributed by atoms with Crippen molar-refractivity contribution < 1.29 is 14.7 Å². The van der Waals surface area contributed by atoms with Crippen LogP contribution in [0.25, 0.3) is 0 Å². The van der Waals surface area contributed by atoms with Gasteiger partial charge in [0, 0.05) is 18.5 Å². The summed E-state index contributed by atoms with van der Waals surface area (Å²) in [6, 6.07) is 1.88. The second-order valence-electron chi connectivity index (χ2n) is 4.60. The summed E-state index contributed by atoms with van der Waals surface area (Å²) in [7, 11) is 0. The van der Waals surface area contributed by atoms with Crippen LogP contribution < -0.4 is 0 Å². The van der Waals surface area contributed by atoms with Gasteiger partial charge in [-0.05, 0) is 41.0 Å². The topological polar surface area (TPSA) is 57.6 Å². The van der Waals surface area contributed by atoms with E-state index >= 15 is 0 Å². The Kier molecular flexibility index (Phi) is 4.26. The van der Waals surface area contributed by atoms with Gasteiger partial charge in [-0.15, -0.1) is 11.3 Å². The standard InChI is InChI=1S/C12H14INO3S/c1-7-5-14(3-2-9(7)12(16)17)11(15)8-4-10(13)18-6-8/h4,6-7,9H,2-3,5H2,1H3,(H,16,17). The van der Waals surface area contributed by atoms with Crippen LogP contribution in [0.15, 0.2) is 11.4 Å². The zero-order valence-electron chi connectivity index (χ0n) is 9.93. The Morgan fingerprint density at radius 2 is 2.28 bits per heavy atom. The molecule has 98 valence electrons. The molecule has 2 atom stereocenters. The predicted molar refractivity (Wildman–Crippen MR) is 77.8 cm³/mol. The number of nitrogens with zero attached hydrogens (tertiary/aromatic N) is 1. The Labute approximate surface area is 123 Å². The van der Waals surface area contributed by atoms with Crippen LogP contribution in [0.1, 0.15) is 23.7 Å². The minimum atomic E-state index is -0.750. The molecule has 1 fully saturated rings. The second-order valence-corrected chi connectivity index (χ2v) is 7.41. The van der Waals surface area contributed by atoms with Crippen molar-refractivity contribution in [2.45, 2.75) is 13.3 Å². The highest BCUT2D eigenvalue weighted by Gasteiger charge is 2.33. The normalized spacial score (nSPS) is 24.0. The van der Waals surface area contributed by atoms with E-state index in [0.29, 0.717) is 25.1 Å². The molecule has 1 amide bonds. The van der Waals surface area contributed by atoms with Crippen molar-refractivity contribution in [2.24, 2.45) is 11.8 Å². The van der Waals surface area contributed by atoms with Crippen LogP contribution in [0, 0.1) is 14.7 Å². The molecular formula is C12H14INO3S. The molecule has 1 N–H and O–H groups in total. The molecule has 1 aliphatic heterocycles. The summed E-state index contributed by atoms with van der Waals surface area (Å²) in [5, 5.41) is 10.9. The van der Waals surface area contributed by atoms with Crippen molar-refractivity contribution in [1.29, 1.82) is 0 Å². The molecule has 0 bridgehead atoms. The van der Waals surface area contributed by atoms with Gasteiger partial charge in [0.25, 0.3) is 5.91 Å². The molecule has 0 saturated carbocycles. The molecule has 0 aliphatic carbocycles. The number of carboxylic acid groups (broad SMARTS) is 1. The Balaban J connectivity index is 2.04. The zero-order chi connectivity index (χ0) is 13.3. The minimum Gasteiger partial charge on any atom is -0.481 e. The van der Waals surface area contributed by atoms with Crippen molar-refractivity contribution >= 4 is 45.8 Å². The van der Waals surface area contributed by atoms with Gasteiger partial charge in [-0.2, -0.15) is 0 Å². The largest absolute Gasteiger partial charge is 0.481 e. The van der Waals surface area contributed by atoms with E-state index in [1.54, 1.807) is 16.2 Å². The number of rotatable bonds is 2. The fourth-order valence-electron chi connectivity index (χ4n) is 2.30. The molecule has 1 aromatic rings. The van der Waals surface area contributed by atoms with Crippen LogP contribution in [0.5, 0.6) is 0 Å². The van der Waals surface area contributed by atoms with E-state index in [9.17, 15) is 9.59 Å². The van der Waals surface area contributed by atoms with Gasteiger partial charge in [0.05, 0.1) is 14.4 Å². The third-order valence-electron chi connectivity index (χ3n) is 3.32. The summed E-state index contributed by atoms with van der Waals surface area (Å²) >= 11 is 3.74. The Morgan fingerprint density at radius 1 is 1.56 bits per heavy atom. The number of carboxylic acids is 1. The maximum absolute atomic E-state index is 12.2. The smallest absolute Gasteiger partial charge is 0.306 e. The minimum absolute atomic E-state index is 0.0120. The van der Waals surface area contributed by atoms with E-state index in [4.69, 9.17) is 5.11 Å². The lowest BCUT2D eigenvalue weighted by Gasteiger charge is -2.34. The van der Waals surface area contributed by atoms with Gasteiger partial charge in [-0.25, -0.2) is 0 Å². The van der Waals surface area contributed by atoms with E-state index in [1.807, 2.05) is 18.4 Å². The molecule has 2 heterocycles. The highest BCUT2D eigenvalue weighted by Crippen LogP contribution is 2.26. The average Bonchev–Trinajstić information content (AvgIpc) is 2.74. The number of aliphatic carboxylic acids is 1. The van der Waals surface area contributed by atoms with Crippen LogP contribution in [-0.4, -0.2) is 35.0 Å². The summed E-state index contributed by atoms with van der Waals surface area (Å²) in [5.41, 5.74) is 0.713. The fourth-order valence-corrected chi connectivity index (χ4v) is 3.62. The fraction of sp³-hybridized carbons (Fsp3) is 0.500. The third kappa shape index (κ3) is 2.85. The third-order valence-corrected chi connectivity index (χ3v) is 5.11. The first-order chi connectivity index (χ1) is 8.49. The molecular weight excluding hydrogens is 365 g/mol. The van der Waals surface area contributed by atoms with Gasteiger partial charge in [-0.3, -0.25) is 9.59 Å². The molecule has 1 aliphatic rings. The number of hydrogen-bond acceptors (Lipinski definition) is 3. The van der Waals surface area contributed by atoms with E-state index in [-0.39, 0.29) is 17.7 Å².